The van der Waals surface area contributed by atoms with E-state index in [1.807, 2.05) is 6.26 Å². The van der Waals surface area contributed by atoms with E-state index >= 15 is 0 Å². The molecule has 0 heterocycles. The fraction of sp³-hybridized carbons (Fsp3) is 0.385. The van der Waals surface area contributed by atoms with Crippen LogP contribution in [0.2, 0.25) is 0 Å². The molecule has 0 spiro atoms. The summed E-state index contributed by atoms with van der Waals surface area (Å²) in [7, 11) is 1.45. The topological polar surface area (TPSA) is 102 Å². The minimum atomic E-state index is -1.05. The van der Waals surface area contributed by atoms with Gasteiger partial charge in [0, 0.05) is 5.56 Å². The van der Waals surface area contributed by atoms with Gasteiger partial charge in [0.1, 0.15) is 11.8 Å². The lowest BCUT2D eigenvalue weighted by Crippen LogP contribution is -2.41. The fourth-order valence-corrected chi connectivity index (χ4v) is 2.06. The lowest BCUT2D eigenvalue weighted by Gasteiger charge is -2.14. The van der Waals surface area contributed by atoms with Crippen molar-refractivity contribution < 1.29 is 19.4 Å². The first-order chi connectivity index (χ1) is 9.49. The lowest BCUT2D eigenvalue weighted by atomic mass is 10.1. The smallest absolute Gasteiger partial charge is 0.326 e. The van der Waals surface area contributed by atoms with Crippen molar-refractivity contribution in [3.8, 4) is 5.75 Å². The van der Waals surface area contributed by atoms with Crippen molar-refractivity contribution >= 4 is 29.3 Å². The lowest BCUT2D eigenvalue weighted by molar-refractivity contribution is -0.139. The largest absolute Gasteiger partial charge is 0.495 e. The Kier molecular flexibility index (Phi) is 6.17. The molecule has 1 aromatic rings. The first-order valence-electron chi connectivity index (χ1n) is 5.95. The molecule has 7 heteroatoms. The van der Waals surface area contributed by atoms with E-state index in [1.54, 1.807) is 6.07 Å². The molecular formula is C13H18N2O4S. The van der Waals surface area contributed by atoms with Gasteiger partial charge in [0.05, 0.1) is 12.8 Å². The number of carboxylic acid groups (broad SMARTS) is 1. The van der Waals surface area contributed by atoms with Crippen LogP contribution in [0.15, 0.2) is 18.2 Å². The number of nitrogens with two attached hydrogens (primary N) is 1. The van der Waals surface area contributed by atoms with E-state index in [4.69, 9.17) is 15.6 Å². The van der Waals surface area contributed by atoms with Crippen LogP contribution in [-0.4, -0.2) is 42.1 Å². The third-order valence-corrected chi connectivity index (χ3v) is 3.35. The molecule has 0 radical (unpaired) electrons. The van der Waals surface area contributed by atoms with Crippen LogP contribution in [0, 0.1) is 0 Å². The molecule has 20 heavy (non-hydrogen) atoms. The van der Waals surface area contributed by atoms with Crippen LogP contribution >= 0.6 is 11.8 Å². The highest BCUT2D eigenvalue weighted by molar-refractivity contribution is 7.98. The predicted octanol–water partition coefficient (Wildman–Crippen LogP) is 1.21. The molecule has 0 bridgehead atoms. The van der Waals surface area contributed by atoms with E-state index in [0.29, 0.717) is 29.2 Å². The molecule has 0 aliphatic rings. The number of hydrogen-bond acceptors (Lipinski definition) is 5. The number of rotatable bonds is 7. The van der Waals surface area contributed by atoms with Gasteiger partial charge in [-0.15, -0.1) is 0 Å². The summed E-state index contributed by atoms with van der Waals surface area (Å²) in [5, 5.41) is 11.6. The molecule has 110 valence electrons. The Morgan fingerprint density at radius 3 is 2.75 bits per heavy atom. The number of methoxy groups -OCH3 is 1. The van der Waals surface area contributed by atoms with Gasteiger partial charge in [-0.05, 0) is 36.6 Å². The van der Waals surface area contributed by atoms with Gasteiger partial charge in [-0.1, -0.05) is 0 Å². The number of nitrogen functional groups attached to an aromatic ring is 1. The minimum absolute atomic E-state index is 0.312. The summed E-state index contributed by atoms with van der Waals surface area (Å²) in [6.45, 7) is 0. The summed E-state index contributed by atoms with van der Waals surface area (Å²) in [5.74, 6) is -0.470. The van der Waals surface area contributed by atoms with Crippen molar-refractivity contribution in [1.82, 2.24) is 5.32 Å². The van der Waals surface area contributed by atoms with E-state index in [0.717, 1.165) is 0 Å². The molecule has 6 nitrogen and oxygen atoms in total. The SMILES string of the molecule is COc1cc(C(=O)N[C@@H](CCSC)C(=O)O)ccc1N. The summed E-state index contributed by atoms with van der Waals surface area (Å²) in [5.41, 5.74) is 6.39. The minimum Gasteiger partial charge on any atom is -0.495 e. The number of ether oxygens (including phenoxy) is 1. The number of carbonyl (C=O) groups excluding carboxylic acids is 1. The normalized spacial score (nSPS) is 11.7. The van der Waals surface area contributed by atoms with Gasteiger partial charge >= 0.3 is 5.97 Å². The Morgan fingerprint density at radius 1 is 1.50 bits per heavy atom. The number of amides is 1. The molecule has 1 atom stereocenters. The second-order valence-corrected chi connectivity index (χ2v) is 5.09. The number of carbonyl (C=O) groups is 2. The van der Waals surface area contributed by atoms with E-state index in [9.17, 15) is 9.59 Å². The summed E-state index contributed by atoms with van der Waals surface area (Å²) >= 11 is 1.53. The van der Waals surface area contributed by atoms with Gasteiger partial charge < -0.3 is 20.9 Å². The Balaban J connectivity index is 2.80. The third kappa shape index (κ3) is 4.34. The number of hydrogen-bond donors (Lipinski definition) is 3. The molecule has 4 N–H and O–H groups in total. The molecule has 1 aromatic carbocycles. The summed E-state index contributed by atoms with van der Waals surface area (Å²) < 4.78 is 5.03. The number of anilines is 1. The van der Waals surface area contributed by atoms with Crippen molar-refractivity contribution in [3.63, 3.8) is 0 Å². The Labute approximate surface area is 121 Å². The second kappa shape index (κ2) is 7.64. The van der Waals surface area contributed by atoms with Crippen molar-refractivity contribution in [2.75, 3.05) is 24.9 Å². The van der Waals surface area contributed by atoms with Crippen LogP contribution in [0.1, 0.15) is 16.8 Å². The summed E-state index contributed by atoms with van der Waals surface area (Å²) in [4.78, 5) is 23.1. The van der Waals surface area contributed by atoms with Crippen LogP contribution in [0.5, 0.6) is 5.75 Å². The number of nitrogens with one attached hydrogen (secondary N) is 1. The quantitative estimate of drug-likeness (QED) is 0.654. The molecule has 0 aliphatic carbocycles. The number of aliphatic carboxylic acids is 1. The predicted molar refractivity (Wildman–Crippen MR) is 79.3 cm³/mol. The molecule has 0 unspecified atom stereocenters. The van der Waals surface area contributed by atoms with Crippen LogP contribution in [0.4, 0.5) is 5.69 Å². The number of benzene rings is 1. The van der Waals surface area contributed by atoms with E-state index in [1.165, 1.54) is 31.0 Å². The van der Waals surface area contributed by atoms with Gasteiger partial charge in [0.25, 0.3) is 5.91 Å². The zero-order chi connectivity index (χ0) is 15.1. The zero-order valence-electron chi connectivity index (χ0n) is 11.4. The average molecular weight is 298 g/mol. The average Bonchev–Trinajstić information content (AvgIpc) is 2.43. The molecule has 0 saturated carbocycles. The molecule has 1 amide bonds. The van der Waals surface area contributed by atoms with Crippen molar-refractivity contribution in [2.24, 2.45) is 0 Å². The van der Waals surface area contributed by atoms with Gasteiger partial charge in [-0.2, -0.15) is 11.8 Å². The highest BCUT2D eigenvalue weighted by Gasteiger charge is 2.20. The molecular weight excluding hydrogens is 280 g/mol. The monoisotopic (exact) mass is 298 g/mol. The van der Waals surface area contributed by atoms with Crippen molar-refractivity contribution in [3.05, 3.63) is 23.8 Å². The highest BCUT2D eigenvalue weighted by Crippen LogP contribution is 2.22. The fourth-order valence-electron chi connectivity index (χ4n) is 1.59. The summed E-state index contributed by atoms with van der Waals surface area (Å²) in [6.07, 6.45) is 2.25. The molecule has 0 saturated heterocycles. The maximum atomic E-state index is 12.0. The van der Waals surface area contributed by atoms with Gasteiger partial charge in [-0.3, -0.25) is 4.79 Å². The van der Waals surface area contributed by atoms with Crippen LogP contribution < -0.4 is 15.8 Å². The molecule has 0 fully saturated rings. The molecule has 0 aliphatic heterocycles. The van der Waals surface area contributed by atoms with Gasteiger partial charge in [0.2, 0.25) is 0 Å². The first kappa shape index (κ1) is 16.2. The maximum absolute atomic E-state index is 12.0. The van der Waals surface area contributed by atoms with Crippen molar-refractivity contribution in [1.29, 1.82) is 0 Å². The molecule has 0 aromatic heterocycles. The third-order valence-electron chi connectivity index (χ3n) is 2.71. The maximum Gasteiger partial charge on any atom is 0.326 e. The second-order valence-electron chi connectivity index (χ2n) is 4.10. The highest BCUT2D eigenvalue weighted by atomic mass is 32.2. The van der Waals surface area contributed by atoms with E-state index in [2.05, 4.69) is 5.32 Å². The van der Waals surface area contributed by atoms with E-state index in [-0.39, 0.29) is 0 Å². The Hall–Kier alpha value is -1.89. The van der Waals surface area contributed by atoms with Gasteiger partial charge in [-0.25, -0.2) is 4.79 Å². The number of thioether (sulfide) groups is 1. The van der Waals surface area contributed by atoms with Gasteiger partial charge in [0.15, 0.2) is 0 Å². The Morgan fingerprint density at radius 2 is 2.20 bits per heavy atom. The van der Waals surface area contributed by atoms with Crippen LogP contribution in [0.3, 0.4) is 0 Å². The first-order valence-corrected chi connectivity index (χ1v) is 7.35. The summed E-state index contributed by atoms with van der Waals surface area (Å²) in [6, 6.07) is 3.66. The van der Waals surface area contributed by atoms with Crippen LogP contribution in [0.25, 0.3) is 0 Å². The van der Waals surface area contributed by atoms with Crippen molar-refractivity contribution in [2.45, 2.75) is 12.5 Å². The van der Waals surface area contributed by atoms with Crippen LogP contribution in [-0.2, 0) is 4.79 Å². The zero-order valence-corrected chi connectivity index (χ0v) is 12.2. The standard InChI is InChI=1S/C13H18N2O4S/c1-19-11-7-8(3-4-9(11)14)12(16)15-10(13(17)18)5-6-20-2/h3-4,7,10H,5-6,14H2,1-2H3,(H,15,16)(H,17,18)/t10-/m0/s1. The molecule has 1 rings (SSSR count). The van der Waals surface area contributed by atoms with E-state index < -0.39 is 17.9 Å². The number of carboxylic acids is 1. The Bertz CT molecular complexity index is 493.